The van der Waals surface area contributed by atoms with Crippen LogP contribution in [0.25, 0.3) is 0 Å². The van der Waals surface area contributed by atoms with Gasteiger partial charge in [0.2, 0.25) is 0 Å². The van der Waals surface area contributed by atoms with Crippen LogP contribution in [0.2, 0.25) is 0 Å². The third-order valence-corrected chi connectivity index (χ3v) is 7.39. The van der Waals surface area contributed by atoms with Gasteiger partial charge in [-0.1, -0.05) is 131 Å². The van der Waals surface area contributed by atoms with E-state index in [0.29, 0.717) is 0 Å². The fraction of sp³-hybridized carbons (Fsp3) is 0.571. The van der Waals surface area contributed by atoms with Gasteiger partial charge in [0.1, 0.15) is 0 Å². The smallest absolute Gasteiger partial charge is 0.113 e. The van der Waals surface area contributed by atoms with Gasteiger partial charge in [-0.25, -0.2) is 0 Å². The SMILES string of the molecule is CC(C)(C)c1cc[c]([Al][c]2ccc(C(C)(C)C)cc2C(C)(C)C)c(C(C)(C)C)c1. The summed E-state index contributed by atoms with van der Waals surface area (Å²) in [5.74, 6) is 0. The molecule has 2 aromatic carbocycles. The van der Waals surface area contributed by atoms with Crippen molar-refractivity contribution < 1.29 is 0 Å². The highest BCUT2D eigenvalue weighted by Crippen LogP contribution is 2.29. The first-order valence-corrected chi connectivity index (χ1v) is 12.2. The summed E-state index contributed by atoms with van der Waals surface area (Å²) >= 11 is 0.0549. The maximum atomic E-state index is 2.47. The molecule has 0 heterocycles. The molecule has 29 heavy (non-hydrogen) atoms. The van der Waals surface area contributed by atoms with Crippen molar-refractivity contribution in [3.8, 4) is 0 Å². The van der Waals surface area contributed by atoms with Gasteiger partial charge < -0.3 is 0 Å². The van der Waals surface area contributed by atoms with Gasteiger partial charge >= 0.3 is 0 Å². The lowest BCUT2D eigenvalue weighted by Crippen LogP contribution is -2.39. The lowest BCUT2D eigenvalue weighted by molar-refractivity contribution is 0.571. The molecule has 0 bridgehead atoms. The molecule has 0 atom stereocenters. The Morgan fingerprint density at radius 3 is 1.00 bits per heavy atom. The molecular weight excluding hydrogens is 363 g/mol. The van der Waals surface area contributed by atoms with E-state index in [0.717, 1.165) is 0 Å². The van der Waals surface area contributed by atoms with Crippen LogP contribution in [0.1, 0.15) is 105 Å². The molecule has 0 nitrogen and oxygen atoms in total. The summed E-state index contributed by atoms with van der Waals surface area (Å²) in [5, 5.41) is 0. The van der Waals surface area contributed by atoms with Gasteiger partial charge in [0.15, 0.2) is 0 Å². The third-order valence-electron chi connectivity index (χ3n) is 5.77. The molecule has 0 spiro atoms. The summed E-state index contributed by atoms with van der Waals surface area (Å²) in [6.45, 7) is 28.0. The van der Waals surface area contributed by atoms with Crippen molar-refractivity contribution in [3.63, 3.8) is 0 Å². The largest absolute Gasteiger partial charge is 0.299 e. The van der Waals surface area contributed by atoms with Crippen molar-refractivity contribution in [1.82, 2.24) is 0 Å². The summed E-state index contributed by atoms with van der Waals surface area (Å²) < 4.78 is 3.08. The normalized spacial score (nSPS) is 13.5. The first kappa shape index (κ1) is 24.2. The van der Waals surface area contributed by atoms with E-state index in [-0.39, 0.29) is 36.9 Å². The Labute approximate surface area is 187 Å². The van der Waals surface area contributed by atoms with E-state index in [2.05, 4.69) is 119 Å². The van der Waals surface area contributed by atoms with Gasteiger partial charge in [0.25, 0.3) is 15.2 Å². The molecule has 0 aliphatic heterocycles. The van der Waals surface area contributed by atoms with Gasteiger partial charge in [-0.15, -0.1) is 8.85 Å². The molecule has 2 aromatic rings. The predicted octanol–water partition coefficient (Wildman–Crippen LogP) is 6.53. The molecule has 0 aromatic heterocycles. The van der Waals surface area contributed by atoms with Gasteiger partial charge in [-0.2, -0.15) is 0 Å². The van der Waals surface area contributed by atoms with Crippen LogP contribution in [0.4, 0.5) is 0 Å². The minimum absolute atomic E-state index is 0.0549. The quantitative estimate of drug-likeness (QED) is 0.498. The highest BCUT2D eigenvalue weighted by atomic mass is 27.1. The second-order valence-electron chi connectivity index (χ2n) is 12.7. The molecule has 1 heteroatoms. The van der Waals surface area contributed by atoms with E-state index in [9.17, 15) is 0 Å². The molecule has 0 aliphatic rings. The maximum absolute atomic E-state index is 2.47. The van der Waals surface area contributed by atoms with Gasteiger partial charge in [0, 0.05) is 0 Å². The number of rotatable bonds is 2. The summed E-state index contributed by atoms with van der Waals surface area (Å²) in [4.78, 5) is 0. The first-order chi connectivity index (χ1) is 12.9. The van der Waals surface area contributed by atoms with E-state index >= 15 is 0 Å². The molecular formula is C28H42Al. The van der Waals surface area contributed by atoms with Crippen LogP contribution in [0.3, 0.4) is 0 Å². The second kappa shape index (κ2) is 7.91. The van der Waals surface area contributed by atoms with Crippen molar-refractivity contribution in [1.29, 1.82) is 0 Å². The van der Waals surface area contributed by atoms with E-state index in [1.54, 1.807) is 8.85 Å². The first-order valence-electron chi connectivity index (χ1n) is 11.1. The zero-order valence-electron chi connectivity index (χ0n) is 21.0. The lowest BCUT2D eigenvalue weighted by atomic mass is 9.80. The van der Waals surface area contributed by atoms with E-state index < -0.39 is 0 Å². The van der Waals surface area contributed by atoms with Gasteiger partial charge in [-0.05, 0) is 32.8 Å². The predicted molar refractivity (Wildman–Crippen MR) is 133 cm³/mol. The van der Waals surface area contributed by atoms with Crippen LogP contribution < -0.4 is 8.85 Å². The molecule has 157 valence electrons. The average molecular weight is 406 g/mol. The summed E-state index contributed by atoms with van der Waals surface area (Å²) in [7, 11) is 0. The minimum atomic E-state index is 0.0549. The van der Waals surface area contributed by atoms with E-state index in [4.69, 9.17) is 0 Å². The van der Waals surface area contributed by atoms with Crippen molar-refractivity contribution in [2.45, 2.75) is 105 Å². The summed E-state index contributed by atoms with van der Waals surface area (Å²) in [6, 6.07) is 14.5. The topological polar surface area (TPSA) is 0 Å². The minimum Gasteiger partial charge on any atom is -0.113 e. The highest BCUT2D eigenvalue weighted by molar-refractivity contribution is 6.68. The number of hydrogen-bond donors (Lipinski definition) is 0. The zero-order valence-corrected chi connectivity index (χ0v) is 22.2. The van der Waals surface area contributed by atoms with Crippen LogP contribution in [0.5, 0.6) is 0 Å². The fourth-order valence-corrected chi connectivity index (χ4v) is 5.83. The standard InChI is InChI=1S/2C14H21.Al/c2*1-13(2,3)11-8-7-9-12(10-11)14(4,5)6;/h2*7-8,10H,1-6H3;. The van der Waals surface area contributed by atoms with Crippen LogP contribution in [0, 0.1) is 0 Å². The Balaban J connectivity index is 2.62. The van der Waals surface area contributed by atoms with Crippen LogP contribution in [-0.4, -0.2) is 15.2 Å². The Hall–Kier alpha value is -1.03. The number of hydrogen-bond acceptors (Lipinski definition) is 0. The van der Waals surface area contributed by atoms with Crippen LogP contribution in [0.15, 0.2) is 36.4 Å². The molecule has 0 aliphatic carbocycles. The number of benzene rings is 2. The highest BCUT2D eigenvalue weighted by Gasteiger charge is 2.26. The van der Waals surface area contributed by atoms with E-state index in [1.807, 2.05) is 0 Å². The van der Waals surface area contributed by atoms with Crippen molar-refractivity contribution in [2.24, 2.45) is 0 Å². The molecule has 2 rings (SSSR count). The molecule has 0 saturated carbocycles. The molecule has 0 amide bonds. The molecule has 1 radical (unpaired) electrons. The van der Waals surface area contributed by atoms with Crippen molar-refractivity contribution in [3.05, 3.63) is 58.7 Å². The monoisotopic (exact) mass is 405 g/mol. The third kappa shape index (κ3) is 5.99. The summed E-state index contributed by atoms with van der Waals surface area (Å²) in [5.41, 5.74) is 6.56. The molecule has 0 fully saturated rings. The Morgan fingerprint density at radius 1 is 0.448 bits per heavy atom. The Morgan fingerprint density at radius 2 is 0.759 bits per heavy atom. The van der Waals surface area contributed by atoms with Crippen molar-refractivity contribution in [2.75, 3.05) is 0 Å². The second-order valence-corrected chi connectivity index (χ2v) is 14.3. The maximum Gasteiger partial charge on any atom is 0.299 e. The molecule has 0 unspecified atom stereocenters. The lowest BCUT2D eigenvalue weighted by Gasteiger charge is -2.30. The molecule has 0 saturated heterocycles. The Kier molecular flexibility index (Phi) is 6.61. The van der Waals surface area contributed by atoms with Crippen molar-refractivity contribution >= 4 is 24.1 Å². The molecule has 0 N–H and O–H groups in total. The Bertz CT molecular complexity index is 786. The van der Waals surface area contributed by atoms with Crippen LogP contribution >= 0.6 is 0 Å². The van der Waals surface area contributed by atoms with Crippen LogP contribution in [-0.2, 0) is 21.7 Å². The average Bonchev–Trinajstić information content (AvgIpc) is 2.51. The fourth-order valence-electron chi connectivity index (χ4n) is 3.76. The van der Waals surface area contributed by atoms with E-state index in [1.165, 1.54) is 22.3 Å². The van der Waals surface area contributed by atoms with Gasteiger partial charge in [-0.3, -0.25) is 0 Å². The van der Waals surface area contributed by atoms with Gasteiger partial charge in [0.05, 0.1) is 0 Å². The summed E-state index contributed by atoms with van der Waals surface area (Å²) in [6.07, 6.45) is 0. The zero-order chi connectivity index (χ0) is 22.4.